The molecule has 1 N–H and O–H groups in total. The van der Waals surface area contributed by atoms with E-state index in [-0.39, 0.29) is 0 Å². The van der Waals surface area contributed by atoms with E-state index in [0.29, 0.717) is 12.1 Å². The van der Waals surface area contributed by atoms with Crippen molar-refractivity contribution in [2.45, 2.75) is 56.8 Å². The van der Waals surface area contributed by atoms with Crippen LogP contribution in [0.5, 0.6) is 0 Å². The third kappa shape index (κ3) is 2.90. The maximum Gasteiger partial charge on any atom is 0.0679 e. The van der Waals surface area contributed by atoms with Gasteiger partial charge in [-0.1, -0.05) is 43.7 Å². The molecule has 3 nitrogen and oxygen atoms in total. The topological polar surface area (TPSA) is 32.7 Å². The fourth-order valence-corrected chi connectivity index (χ4v) is 3.86. The summed E-state index contributed by atoms with van der Waals surface area (Å²) >= 11 is 0. The van der Waals surface area contributed by atoms with Gasteiger partial charge in [-0.25, -0.2) is 0 Å². The molecule has 2 bridgehead atoms. The number of piperidine rings is 1. The van der Waals surface area contributed by atoms with E-state index in [1.165, 1.54) is 5.56 Å². The number of rotatable bonds is 4. The van der Waals surface area contributed by atoms with E-state index in [2.05, 4.69) is 42.2 Å². The lowest BCUT2D eigenvalue weighted by molar-refractivity contribution is -0.148. The van der Waals surface area contributed by atoms with Crippen LogP contribution in [0, 0.1) is 0 Å². The van der Waals surface area contributed by atoms with Crippen LogP contribution in [0.15, 0.2) is 30.3 Å². The fourth-order valence-electron chi connectivity index (χ4n) is 3.86. The van der Waals surface area contributed by atoms with Crippen molar-refractivity contribution in [1.29, 1.82) is 0 Å². The van der Waals surface area contributed by atoms with Crippen molar-refractivity contribution in [2.24, 2.45) is 0 Å². The first-order valence-electron chi connectivity index (χ1n) is 7.80. The predicted molar refractivity (Wildman–Crippen MR) is 79.5 cm³/mol. The minimum Gasteiger partial charge on any atom is -0.390 e. The average Bonchev–Trinajstić information content (AvgIpc) is 2.41. The highest BCUT2D eigenvalue weighted by Crippen LogP contribution is 2.37. The van der Waals surface area contributed by atoms with Gasteiger partial charge >= 0.3 is 0 Å². The molecule has 2 aliphatic rings. The SMILES string of the molecule is CCCC1(O)CC2COCC(C1)N2Cc1ccccc1. The number of morpholine rings is 1. The number of hydrogen-bond donors (Lipinski definition) is 1. The van der Waals surface area contributed by atoms with Crippen molar-refractivity contribution in [3.05, 3.63) is 35.9 Å². The van der Waals surface area contributed by atoms with Crippen LogP contribution in [0.4, 0.5) is 0 Å². The average molecular weight is 275 g/mol. The van der Waals surface area contributed by atoms with Gasteiger partial charge in [0, 0.05) is 18.6 Å². The van der Waals surface area contributed by atoms with Gasteiger partial charge in [-0.3, -0.25) is 4.90 Å². The summed E-state index contributed by atoms with van der Waals surface area (Å²) in [5, 5.41) is 10.8. The van der Waals surface area contributed by atoms with Crippen molar-refractivity contribution in [1.82, 2.24) is 4.90 Å². The Bertz CT molecular complexity index is 420. The van der Waals surface area contributed by atoms with Crippen LogP contribution < -0.4 is 0 Å². The highest BCUT2D eigenvalue weighted by Gasteiger charge is 2.45. The molecule has 2 atom stereocenters. The van der Waals surface area contributed by atoms with E-state index < -0.39 is 5.60 Å². The van der Waals surface area contributed by atoms with E-state index in [4.69, 9.17) is 4.74 Å². The molecule has 0 aromatic heterocycles. The second kappa shape index (κ2) is 5.84. The Hall–Kier alpha value is -0.900. The first-order chi connectivity index (χ1) is 9.70. The van der Waals surface area contributed by atoms with Crippen LogP contribution in [-0.4, -0.2) is 40.9 Å². The van der Waals surface area contributed by atoms with Gasteiger partial charge in [-0.15, -0.1) is 0 Å². The second-order valence-corrected chi connectivity index (χ2v) is 6.39. The zero-order valence-corrected chi connectivity index (χ0v) is 12.3. The van der Waals surface area contributed by atoms with Gasteiger partial charge in [0.2, 0.25) is 0 Å². The van der Waals surface area contributed by atoms with Crippen molar-refractivity contribution in [2.75, 3.05) is 13.2 Å². The lowest BCUT2D eigenvalue weighted by Gasteiger charge is -2.51. The normalized spacial score (nSPS) is 34.1. The summed E-state index contributed by atoms with van der Waals surface area (Å²) in [5.74, 6) is 0. The Morgan fingerprint density at radius 1 is 1.20 bits per heavy atom. The van der Waals surface area contributed by atoms with Crippen LogP contribution >= 0.6 is 0 Å². The van der Waals surface area contributed by atoms with Crippen LogP contribution in [-0.2, 0) is 11.3 Å². The Kier molecular flexibility index (Phi) is 4.11. The molecule has 1 aromatic carbocycles. The van der Waals surface area contributed by atoms with Gasteiger partial charge in [0.25, 0.3) is 0 Å². The number of aliphatic hydroxyl groups is 1. The molecule has 2 fully saturated rings. The maximum atomic E-state index is 10.8. The fraction of sp³-hybridized carbons (Fsp3) is 0.647. The molecule has 20 heavy (non-hydrogen) atoms. The van der Waals surface area contributed by atoms with Gasteiger partial charge < -0.3 is 9.84 Å². The third-order valence-electron chi connectivity index (χ3n) is 4.71. The second-order valence-electron chi connectivity index (χ2n) is 6.39. The summed E-state index contributed by atoms with van der Waals surface area (Å²) in [6.45, 7) is 4.65. The molecule has 2 unspecified atom stereocenters. The number of ether oxygens (including phenoxy) is 1. The molecule has 2 saturated heterocycles. The molecule has 0 amide bonds. The van der Waals surface area contributed by atoms with E-state index >= 15 is 0 Å². The van der Waals surface area contributed by atoms with Gasteiger partial charge in [0.05, 0.1) is 18.8 Å². The molecule has 0 saturated carbocycles. The van der Waals surface area contributed by atoms with Crippen molar-refractivity contribution in [3.63, 3.8) is 0 Å². The molecule has 0 radical (unpaired) electrons. The first kappa shape index (κ1) is 14.1. The molecular weight excluding hydrogens is 250 g/mol. The Balaban J connectivity index is 1.73. The molecule has 1 aromatic rings. The highest BCUT2D eigenvalue weighted by molar-refractivity contribution is 5.15. The Morgan fingerprint density at radius 2 is 1.85 bits per heavy atom. The Labute approximate surface area is 121 Å². The van der Waals surface area contributed by atoms with E-state index in [1.807, 2.05) is 0 Å². The molecule has 3 heteroatoms. The minimum atomic E-state index is -0.471. The van der Waals surface area contributed by atoms with Crippen molar-refractivity contribution < 1.29 is 9.84 Å². The minimum absolute atomic E-state index is 0.360. The van der Waals surface area contributed by atoms with Crippen LogP contribution in [0.1, 0.15) is 38.2 Å². The largest absolute Gasteiger partial charge is 0.390 e. The monoisotopic (exact) mass is 275 g/mol. The van der Waals surface area contributed by atoms with Crippen LogP contribution in [0.25, 0.3) is 0 Å². The summed E-state index contributed by atoms with van der Waals surface area (Å²) in [7, 11) is 0. The lowest BCUT2D eigenvalue weighted by atomic mass is 9.78. The lowest BCUT2D eigenvalue weighted by Crippen LogP contribution is -2.61. The van der Waals surface area contributed by atoms with E-state index in [9.17, 15) is 5.11 Å². The molecular formula is C17H25NO2. The smallest absolute Gasteiger partial charge is 0.0679 e. The van der Waals surface area contributed by atoms with E-state index in [1.54, 1.807) is 0 Å². The van der Waals surface area contributed by atoms with Gasteiger partial charge in [0.15, 0.2) is 0 Å². The maximum absolute atomic E-state index is 10.8. The van der Waals surface area contributed by atoms with Crippen LogP contribution in [0.2, 0.25) is 0 Å². The zero-order valence-electron chi connectivity index (χ0n) is 12.3. The molecule has 2 heterocycles. The summed E-state index contributed by atoms with van der Waals surface area (Å²) in [5.41, 5.74) is 0.881. The number of hydrogen-bond acceptors (Lipinski definition) is 3. The van der Waals surface area contributed by atoms with Crippen molar-refractivity contribution in [3.8, 4) is 0 Å². The number of benzene rings is 1. The number of fused-ring (bicyclic) bond motifs is 2. The molecule has 0 aliphatic carbocycles. The van der Waals surface area contributed by atoms with Gasteiger partial charge in [-0.2, -0.15) is 0 Å². The van der Waals surface area contributed by atoms with Crippen molar-refractivity contribution >= 4 is 0 Å². The summed E-state index contributed by atoms with van der Waals surface area (Å²) in [6, 6.07) is 11.3. The Morgan fingerprint density at radius 3 is 2.45 bits per heavy atom. The highest BCUT2D eigenvalue weighted by atomic mass is 16.5. The van der Waals surface area contributed by atoms with Gasteiger partial charge in [-0.05, 0) is 24.8 Å². The standard InChI is InChI=1S/C17H25NO2/c1-2-8-17(19)9-15-12-20-13-16(10-17)18(15)11-14-6-4-3-5-7-14/h3-7,15-16,19H,2,8-13H2,1H3. The van der Waals surface area contributed by atoms with Gasteiger partial charge in [0.1, 0.15) is 0 Å². The molecule has 3 rings (SSSR count). The third-order valence-corrected chi connectivity index (χ3v) is 4.71. The zero-order chi connectivity index (χ0) is 14.0. The van der Waals surface area contributed by atoms with Crippen LogP contribution in [0.3, 0.4) is 0 Å². The summed E-state index contributed by atoms with van der Waals surface area (Å²) < 4.78 is 5.72. The number of nitrogens with zero attached hydrogens (tertiary/aromatic N) is 1. The summed E-state index contributed by atoms with van der Waals surface area (Å²) in [4.78, 5) is 2.54. The predicted octanol–water partition coefficient (Wildman–Crippen LogP) is 2.58. The molecule has 0 spiro atoms. The molecule has 110 valence electrons. The quantitative estimate of drug-likeness (QED) is 0.916. The van der Waals surface area contributed by atoms with E-state index in [0.717, 1.165) is 45.4 Å². The first-order valence-corrected chi connectivity index (χ1v) is 7.80. The summed E-state index contributed by atoms with van der Waals surface area (Å²) in [6.07, 6.45) is 3.67. The molecule has 2 aliphatic heterocycles.